The second kappa shape index (κ2) is 9.41. The first kappa shape index (κ1) is 22.9. The van der Waals surface area contributed by atoms with Crippen LogP contribution in [0.25, 0.3) is 0 Å². The first-order valence-electron chi connectivity index (χ1n) is 8.85. The molecule has 1 amide bonds. The van der Waals surface area contributed by atoms with Gasteiger partial charge in [0.25, 0.3) is 0 Å². The van der Waals surface area contributed by atoms with E-state index in [2.05, 4.69) is 21.2 Å². The fourth-order valence-corrected chi connectivity index (χ4v) is 3.80. The Morgan fingerprint density at radius 1 is 1.17 bits per heavy atom. The van der Waals surface area contributed by atoms with Crippen molar-refractivity contribution in [2.75, 3.05) is 29.0 Å². The number of anilines is 2. The van der Waals surface area contributed by atoms with Gasteiger partial charge in [0.1, 0.15) is 6.54 Å². The maximum atomic E-state index is 12.6. The van der Waals surface area contributed by atoms with Gasteiger partial charge in [0.15, 0.2) is 0 Å². The van der Waals surface area contributed by atoms with Crippen LogP contribution in [0.5, 0.6) is 0 Å². The second-order valence-electron chi connectivity index (χ2n) is 6.45. The summed E-state index contributed by atoms with van der Waals surface area (Å²) in [5, 5.41) is 2.68. The Balaban J connectivity index is 2.26. The molecular formula is C20H23BrN2O5S. The summed E-state index contributed by atoms with van der Waals surface area (Å²) in [5.74, 6) is -1.01. The largest absolute Gasteiger partial charge is 0.462 e. The number of amides is 1. The van der Waals surface area contributed by atoms with Crippen LogP contribution in [0.3, 0.4) is 0 Å². The average molecular weight is 483 g/mol. The van der Waals surface area contributed by atoms with Crippen molar-refractivity contribution in [2.45, 2.75) is 20.8 Å². The van der Waals surface area contributed by atoms with Crippen LogP contribution in [0.1, 0.15) is 28.4 Å². The van der Waals surface area contributed by atoms with Crippen molar-refractivity contribution < 1.29 is 22.7 Å². The number of sulfonamides is 1. The Hall–Kier alpha value is -2.39. The van der Waals surface area contributed by atoms with E-state index in [1.54, 1.807) is 50.2 Å². The molecule has 0 saturated heterocycles. The van der Waals surface area contributed by atoms with Gasteiger partial charge in [-0.1, -0.05) is 22.0 Å². The van der Waals surface area contributed by atoms with E-state index in [9.17, 15) is 18.0 Å². The maximum absolute atomic E-state index is 12.6. The zero-order chi connectivity index (χ0) is 21.8. The maximum Gasteiger partial charge on any atom is 0.338 e. The highest BCUT2D eigenvalue weighted by molar-refractivity contribution is 9.10. The van der Waals surface area contributed by atoms with Crippen LogP contribution in [0.4, 0.5) is 11.4 Å². The number of aryl methyl sites for hydroxylation is 1. The van der Waals surface area contributed by atoms with Gasteiger partial charge in [0, 0.05) is 10.2 Å². The van der Waals surface area contributed by atoms with Crippen molar-refractivity contribution >= 4 is 49.2 Å². The first-order valence-corrected chi connectivity index (χ1v) is 11.5. The molecule has 0 atom stereocenters. The Bertz CT molecular complexity index is 1040. The Morgan fingerprint density at radius 3 is 2.45 bits per heavy atom. The summed E-state index contributed by atoms with van der Waals surface area (Å²) in [4.78, 5) is 24.6. The van der Waals surface area contributed by atoms with E-state index in [1.807, 2.05) is 6.92 Å². The quantitative estimate of drug-likeness (QED) is 0.607. The van der Waals surface area contributed by atoms with Gasteiger partial charge in [-0.25, -0.2) is 13.2 Å². The van der Waals surface area contributed by atoms with Gasteiger partial charge in [-0.3, -0.25) is 9.10 Å². The number of hydrogen-bond acceptors (Lipinski definition) is 5. The lowest BCUT2D eigenvalue weighted by atomic mass is 10.1. The lowest BCUT2D eigenvalue weighted by Crippen LogP contribution is -2.37. The van der Waals surface area contributed by atoms with Gasteiger partial charge in [-0.05, 0) is 62.2 Å². The van der Waals surface area contributed by atoms with Crippen molar-refractivity contribution in [3.63, 3.8) is 0 Å². The van der Waals surface area contributed by atoms with Crippen LogP contribution in [0.15, 0.2) is 40.9 Å². The van der Waals surface area contributed by atoms with Crippen LogP contribution in [-0.4, -0.2) is 39.7 Å². The Morgan fingerprint density at radius 2 is 1.86 bits per heavy atom. The number of carbonyl (C=O) groups excluding carboxylic acids is 2. The molecule has 1 N–H and O–H groups in total. The van der Waals surface area contributed by atoms with E-state index in [-0.39, 0.29) is 6.61 Å². The molecule has 9 heteroatoms. The summed E-state index contributed by atoms with van der Waals surface area (Å²) in [6.45, 7) is 5.07. The third kappa shape index (κ3) is 5.80. The first-order chi connectivity index (χ1) is 13.5. The molecule has 0 aliphatic carbocycles. The van der Waals surface area contributed by atoms with Gasteiger partial charge < -0.3 is 10.1 Å². The predicted octanol–water partition coefficient (Wildman–Crippen LogP) is 3.65. The average Bonchev–Trinajstić information content (AvgIpc) is 2.63. The summed E-state index contributed by atoms with van der Waals surface area (Å²) in [6, 6.07) is 9.92. The second-order valence-corrected chi connectivity index (χ2v) is 9.21. The highest BCUT2D eigenvalue weighted by atomic mass is 79.9. The topological polar surface area (TPSA) is 92.8 Å². The number of esters is 1. The molecule has 2 aromatic carbocycles. The molecule has 2 rings (SSSR count). The number of rotatable bonds is 7. The van der Waals surface area contributed by atoms with Gasteiger partial charge in [0.05, 0.1) is 24.1 Å². The fraction of sp³-hybridized carbons (Fsp3) is 0.300. The minimum atomic E-state index is -3.69. The van der Waals surface area contributed by atoms with Gasteiger partial charge in [-0.15, -0.1) is 0 Å². The van der Waals surface area contributed by atoms with E-state index < -0.39 is 28.4 Å². The molecule has 0 aliphatic heterocycles. The third-order valence-electron chi connectivity index (χ3n) is 4.22. The van der Waals surface area contributed by atoms with Gasteiger partial charge >= 0.3 is 5.97 Å². The smallest absolute Gasteiger partial charge is 0.338 e. The normalized spacial score (nSPS) is 11.1. The highest BCUT2D eigenvalue weighted by Crippen LogP contribution is 2.25. The standard InChI is InChI=1S/C20H23BrN2O5S/c1-5-28-20(25)16-7-6-8-18(14(16)3)22-19(24)12-23(29(4,26)27)15-9-10-17(21)13(2)11-15/h6-11H,5,12H2,1-4H3,(H,22,24). The number of halogens is 1. The van der Waals surface area contributed by atoms with Crippen LogP contribution in [0, 0.1) is 13.8 Å². The van der Waals surface area contributed by atoms with E-state index in [0.717, 1.165) is 20.6 Å². The van der Waals surface area contributed by atoms with Crippen molar-refractivity contribution in [1.82, 2.24) is 0 Å². The van der Waals surface area contributed by atoms with Crippen LogP contribution in [0.2, 0.25) is 0 Å². The molecule has 0 unspecified atom stereocenters. The SMILES string of the molecule is CCOC(=O)c1cccc(NC(=O)CN(c2ccc(Br)c(C)c2)S(C)(=O)=O)c1C. The molecular weight excluding hydrogens is 460 g/mol. The summed E-state index contributed by atoms with van der Waals surface area (Å²) >= 11 is 3.38. The third-order valence-corrected chi connectivity index (χ3v) is 6.25. The Kier molecular flexibility index (Phi) is 7.43. The predicted molar refractivity (Wildman–Crippen MR) is 117 cm³/mol. The molecule has 156 valence electrons. The zero-order valence-electron chi connectivity index (χ0n) is 16.7. The molecule has 0 saturated carbocycles. The number of nitrogens with zero attached hydrogens (tertiary/aromatic N) is 1. The van der Waals surface area contributed by atoms with E-state index in [0.29, 0.717) is 22.5 Å². The van der Waals surface area contributed by atoms with Crippen LogP contribution in [-0.2, 0) is 19.6 Å². The van der Waals surface area contributed by atoms with E-state index in [4.69, 9.17) is 4.74 Å². The molecule has 0 spiro atoms. The van der Waals surface area contributed by atoms with Crippen LogP contribution < -0.4 is 9.62 Å². The molecule has 0 aromatic heterocycles. The Labute approximate surface area is 179 Å². The molecule has 0 bridgehead atoms. The minimum absolute atomic E-state index is 0.241. The summed E-state index contributed by atoms with van der Waals surface area (Å²) in [5.41, 5.74) is 2.54. The lowest BCUT2D eigenvalue weighted by molar-refractivity contribution is -0.114. The number of hydrogen-bond donors (Lipinski definition) is 1. The molecule has 7 nitrogen and oxygen atoms in total. The molecule has 0 aliphatic rings. The fourth-order valence-electron chi connectivity index (χ4n) is 2.71. The van der Waals surface area contributed by atoms with Crippen molar-refractivity contribution in [1.29, 1.82) is 0 Å². The molecule has 0 heterocycles. The molecule has 0 radical (unpaired) electrons. The summed E-state index contributed by atoms with van der Waals surface area (Å²) in [7, 11) is -3.69. The molecule has 0 fully saturated rings. The molecule has 29 heavy (non-hydrogen) atoms. The summed E-state index contributed by atoms with van der Waals surface area (Å²) in [6.07, 6.45) is 1.05. The monoisotopic (exact) mass is 482 g/mol. The number of ether oxygens (including phenoxy) is 1. The summed E-state index contributed by atoms with van der Waals surface area (Å²) < 4.78 is 31.4. The molecule has 2 aromatic rings. The minimum Gasteiger partial charge on any atom is -0.462 e. The van der Waals surface area contributed by atoms with Crippen LogP contribution >= 0.6 is 15.9 Å². The van der Waals surface area contributed by atoms with Gasteiger partial charge in [0.2, 0.25) is 15.9 Å². The number of benzene rings is 2. The van der Waals surface area contributed by atoms with Crippen molar-refractivity contribution in [3.8, 4) is 0 Å². The number of carbonyl (C=O) groups is 2. The van der Waals surface area contributed by atoms with Crippen molar-refractivity contribution in [2.24, 2.45) is 0 Å². The van der Waals surface area contributed by atoms with Crippen molar-refractivity contribution in [3.05, 3.63) is 57.6 Å². The number of nitrogens with one attached hydrogen (secondary N) is 1. The van der Waals surface area contributed by atoms with E-state index in [1.165, 1.54) is 0 Å². The highest BCUT2D eigenvalue weighted by Gasteiger charge is 2.22. The zero-order valence-corrected chi connectivity index (χ0v) is 19.1. The lowest BCUT2D eigenvalue weighted by Gasteiger charge is -2.23. The van der Waals surface area contributed by atoms with Gasteiger partial charge in [-0.2, -0.15) is 0 Å². The van der Waals surface area contributed by atoms with E-state index >= 15 is 0 Å².